The Morgan fingerprint density at radius 2 is 2.10 bits per heavy atom. The van der Waals surface area contributed by atoms with Crippen molar-refractivity contribution in [2.75, 3.05) is 26.4 Å². The average molecular weight is 281 g/mol. The molecular weight excluding hydrogens is 250 g/mol. The molecule has 1 saturated carbocycles. The Morgan fingerprint density at radius 3 is 2.75 bits per heavy atom. The molecule has 3 aliphatic rings. The van der Waals surface area contributed by atoms with E-state index >= 15 is 0 Å². The summed E-state index contributed by atoms with van der Waals surface area (Å²) in [6.45, 7) is 8.40. The predicted molar refractivity (Wildman–Crippen MR) is 80.8 cm³/mol. The molecule has 20 heavy (non-hydrogen) atoms. The summed E-state index contributed by atoms with van der Waals surface area (Å²) in [5, 5.41) is 3.82. The fourth-order valence-electron chi connectivity index (χ4n) is 4.77. The molecule has 3 heteroatoms. The molecule has 3 nitrogen and oxygen atoms in total. The predicted octanol–water partition coefficient (Wildman–Crippen LogP) is 2.99. The summed E-state index contributed by atoms with van der Waals surface area (Å²) in [4.78, 5) is 0. The molecule has 3 fully saturated rings. The minimum atomic E-state index is 0.0564. The van der Waals surface area contributed by atoms with Gasteiger partial charge in [-0.1, -0.05) is 20.3 Å². The number of rotatable bonds is 4. The van der Waals surface area contributed by atoms with Crippen molar-refractivity contribution in [3.05, 3.63) is 0 Å². The van der Waals surface area contributed by atoms with Crippen LogP contribution < -0.4 is 5.32 Å². The molecule has 0 radical (unpaired) electrons. The van der Waals surface area contributed by atoms with Gasteiger partial charge in [-0.15, -0.1) is 0 Å². The highest BCUT2D eigenvalue weighted by molar-refractivity contribution is 4.96. The molecule has 1 aliphatic carbocycles. The van der Waals surface area contributed by atoms with E-state index in [4.69, 9.17) is 9.47 Å². The van der Waals surface area contributed by atoms with E-state index in [0.717, 1.165) is 50.5 Å². The van der Waals surface area contributed by atoms with Crippen LogP contribution in [0.15, 0.2) is 0 Å². The van der Waals surface area contributed by atoms with Crippen LogP contribution in [0.5, 0.6) is 0 Å². The van der Waals surface area contributed by atoms with Gasteiger partial charge in [0, 0.05) is 25.7 Å². The normalized spacial score (nSPS) is 43.2. The highest BCUT2D eigenvalue weighted by Gasteiger charge is 2.44. The van der Waals surface area contributed by atoms with Gasteiger partial charge in [0.25, 0.3) is 0 Å². The van der Waals surface area contributed by atoms with E-state index in [9.17, 15) is 0 Å². The largest absolute Gasteiger partial charge is 0.378 e. The molecular formula is C17H31NO2. The highest BCUT2D eigenvalue weighted by atomic mass is 16.6. The van der Waals surface area contributed by atoms with Crippen molar-refractivity contribution in [1.29, 1.82) is 0 Å². The van der Waals surface area contributed by atoms with Crippen LogP contribution in [0.25, 0.3) is 0 Å². The monoisotopic (exact) mass is 281 g/mol. The molecule has 5 atom stereocenters. The molecule has 2 saturated heterocycles. The van der Waals surface area contributed by atoms with Gasteiger partial charge in [0.15, 0.2) is 0 Å². The third-order valence-corrected chi connectivity index (χ3v) is 5.79. The molecule has 1 spiro atoms. The van der Waals surface area contributed by atoms with Gasteiger partial charge in [0.1, 0.15) is 0 Å². The van der Waals surface area contributed by atoms with Crippen molar-refractivity contribution in [3.8, 4) is 0 Å². The Labute approximate surface area is 123 Å². The summed E-state index contributed by atoms with van der Waals surface area (Å²) in [6, 6.07) is 0.700. The summed E-state index contributed by atoms with van der Waals surface area (Å²) in [5.74, 6) is 2.58. The van der Waals surface area contributed by atoms with Gasteiger partial charge >= 0.3 is 0 Å². The number of hydrogen-bond donors (Lipinski definition) is 1. The molecule has 0 amide bonds. The summed E-state index contributed by atoms with van der Waals surface area (Å²) in [5.41, 5.74) is 0.0564. The summed E-state index contributed by atoms with van der Waals surface area (Å²) in [7, 11) is 0. The molecule has 3 rings (SSSR count). The second-order valence-electron chi connectivity index (χ2n) is 7.35. The third-order valence-electron chi connectivity index (χ3n) is 5.79. The Balaban J connectivity index is 1.67. The van der Waals surface area contributed by atoms with E-state index in [1.807, 2.05) is 0 Å². The van der Waals surface area contributed by atoms with Crippen molar-refractivity contribution in [3.63, 3.8) is 0 Å². The molecule has 0 aromatic carbocycles. The van der Waals surface area contributed by atoms with Crippen LogP contribution in [0.2, 0.25) is 0 Å². The van der Waals surface area contributed by atoms with Gasteiger partial charge in [-0.2, -0.15) is 0 Å². The van der Waals surface area contributed by atoms with Gasteiger partial charge < -0.3 is 14.8 Å². The minimum Gasteiger partial charge on any atom is -0.378 e. The molecule has 0 bridgehead atoms. The van der Waals surface area contributed by atoms with Gasteiger partial charge in [-0.05, 0) is 50.0 Å². The molecule has 0 aromatic heterocycles. The summed E-state index contributed by atoms with van der Waals surface area (Å²) >= 11 is 0. The maximum absolute atomic E-state index is 6.12. The quantitative estimate of drug-likeness (QED) is 0.859. The van der Waals surface area contributed by atoms with E-state index in [1.54, 1.807) is 0 Å². The van der Waals surface area contributed by atoms with Crippen molar-refractivity contribution < 1.29 is 9.47 Å². The van der Waals surface area contributed by atoms with Crippen LogP contribution >= 0.6 is 0 Å². The van der Waals surface area contributed by atoms with E-state index in [2.05, 4.69) is 19.2 Å². The summed E-state index contributed by atoms with van der Waals surface area (Å²) in [6.07, 6.45) is 7.78. The smallest absolute Gasteiger partial charge is 0.0939 e. The molecule has 2 aliphatic heterocycles. The van der Waals surface area contributed by atoms with Crippen LogP contribution in [-0.2, 0) is 9.47 Å². The first-order valence-corrected chi connectivity index (χ1v) is 8.67. The first-order valence-electron chi connectivity index (χ1n) is 8.67. The zero-order chi connectivity index (χ0) is 14.0. The Kier molecular flexibility index (Phi) is 4.68. The lowest BCUT2D eigenvalue weighted by atomic mass is 9.76. The lowest BCUT2D eigenvalue weighted by molar-refractivity contribution is -0.105. The van der Waals surface area contributed by atoms with Gasteiger partial charge in [0.2, 0.25) is 0 Å². The first kappa shape index (κ1) is 14.8. The first-order chi connectivity index (χ1) is 9.72. The topological polar surface area (TPSA) is 30.5 Å². The maximum Gasteiger partial charge on any atom is 0.0939 e. The number of ether oxygens (including phenoxy) is 2. The van der Waals surface area contributed by atoms with Gasteiger partial charge in [0.05, 0.1) is 12.2 Å². The van der Waals surface area contributed by atoms with E-state index in [-0.39, 0.29) is 5.60 Å². The van der Waals surface area contributed by atoms with Crippen LogP contribution in [0.4, 0.5) is 0 Å². The molecule has 116 valence electrons. The second kappa shape index (κ2) is 6.33. The molecule has 0 aromatic rings. The van der Waals surface area contributed by atoms with Crippen molar-refractivity contribution in [1.82, 2.24) is 5.32 Å². The summed E-state index contributed by atoms with van der Waals surface area (Å²) < 4.78 is 11.7. The average Bonchev–Trinajstić information content (AvgIpc) is 3.06. The zero-order valence-corrected chi connectivity index (χ0v) is 13.2. The Hall–Kier alpha value is -0.120. The SMILES string of the molecule is CCNC(C1CCC(C)C1)C1CCOC2(CCOC2)C1. The zero-order valence-electron chi connectivity index (χ0n) is 13.2. The minimum absolute atomic E-state index is 0.0564. The maximum atomic E-state index is 6.12. The van der Waals surface area contributed by atoms with Crippen LogP contribution in [-0.4, -0.2) is 38.0 Å². The van der Waals surface area contributed by atoms with Crippen LogP contribution in [0.1, 0.15) is 52.4 Å². The lowest BCUT2D eigenvalue weighted by Crippen LogP contribution is -2.49. The Morgan fingerprint density at radius 1 is 1.20 bits per heavy atom. The third kappa shape index (κ3) is 3.05. The fraction of sp³-hybridized carbons (Fsp3) is 1.00. The van der Waals surface area contributed by atoms with E-state index < -0.39 is 0 Å². The van der Waals surface area contributed by atoms with E-state index in [0.29, 0.717) is 6.04 Å². The van der Waals surface area contributed by atoms with E-state index in [1.165, 1.54) is 32.1 Å². The van der Waals surface area contributed by atoms with Gasteiger partial charge in [-0.25, -0.2) is 0 Å². The highest BCUT2D eigenvalue weighted by Crippen LogP contribution is 2.42. The number of hydrogen-bond acceptors (Lipinski definition) is 3. The van der Waals surface area contributed by atoms with Crippen molar-refractivity contribution in [2.45, 2.75) is 64.0 Å². The van der Waals surface area contributed by atoms with Gasteiger partial charge in [-0.3, -0.25) is 0 Å². The lowest BCUT2D eigenvalue weighted by Gasteiger charge is -2.42. The second-order valence-corrected chi connectivity index (χ2v) is 7.35. The fourth-order valence-corrected chi connectivity index (χ4v) is 4.77. The molecule has 5 unspecified atom stereocenters. The molecule has 2 heterocycles. The molecule has 1 N–H and O–H groups in total. The van der Waals surface area contributed by atoms with Crippen LogP contribution in [0.3, 0.4) is 0 Å². The Bertz CT molecular complexity index is 314. The van der Waals surface area contributed by atoms with Crippen molar-refractivity contribution in [2.24, 2.45) is 17.8 Å². The standard InChI is InChI=1S/C17H31NO2/c1-3-18-16(14-5-4-13(2)10-14)15-6-8-20-17(11-15)7-9-19-12-17/h13-16,18H,3-12H2,1-2H3. The van der Waals surface area contributed by atoms with Crippen molar-refractivity contribution >= 4 is 0 Å². The number of nitrogens with one attached hydrogen (secondary N) is 1. The van der Waals surface area contributed by atoms with Crippen LogP contribution in [0, 0.1) is 17.8 Å².